The van der Waals surface area contributed by atoms with Crippen LogP contribution in [0.3, 0.4) is 0 Å². The number of carbonyl (C=O) groups excluding carboxylic acids is 2. The second kappa shape index (κ2) is 5.14. The summed E-state index contributed by atoms with van der Waals surface area (Å²) in [6, 6.07) is -0.296. The molecule has 2 amide bonds. The highest BCUT2D eigenvalue weighted by molar-refractivity contribution is 5.94. The summed E-state index contributed by atoms with van der Waals surface area (Å²) >= 11 is 0. The molecule has 1 fully saturated rings. The highest BCUT2D eigenvalue weighted by Gasteiger charge is 2.31. The smallest absolute Gasteiger partial charge is 0.245 e. The molecule has 1 unspecified atom stereocenters. The van der Waals surface area contributed by atoms with Crippen LogP contribution in [0.25, 0.3) is 0 Å². The summed E-state index contributed by atoms with van der Waals surface area (Å²) in [5.41, 5.74) is 0. The lowest BCUT2D eigenvalue weighted by Gasteiger charge is -2.33. The summed E-state index contributed by atoms with van der Waals surface area (Å²) in [6.07, 6.45) is 1.64. The Labute approximate surface area is 91.0 Å². The molecule has 15 heavy (non-hydrogen) atoms. The van der Waals surface area contributed by atoms with Gasteiger partial charge in [-0.3, -0.25) is 9.59 Å². The normalized spacial score (nSPS) is 22.1. The van der Waals surface area contributed by atoms with E-state index in [-0.39, 0.29) is 24.4 Å². The van der Waals surface area contributed by atoms with E-state index in [1.54, 1.807) is 4.90 Å². The van der Waals surface area contributed by atoms with Crippen LogP contribution < -0.4 is 5.32 Å². The number of amides is 2. The largest absolute Gasteiger partial charge is 0.343 e. The molecule has 0 radical (unpaired) electrons. The first kappa shape index (κ1) is 12.0. The van der Waals surface area contributed by atoms with Crippen molar-refractivity contribution in [2.45, 2.75) is 39.7 Å². The number of rotatable bonds is 4. The molecule has 86 valence electrons. The average Bonchev–Trinajstić information content (AvgIpc) is 2.12. The van der Waals surface area contributed by atoms with Crippen molar-refractivity contribution in [3.63, 3.8) is 0 Å². The van der Waals surface area contributed by atoms with Gasteiger partial charge in [0.15, 0.2) is 0 Å². The molecule has 4 nitrogen and oxygen atoms in total. The van der Waals surface area contributed by atoms with Crippen molar-refractivity contribution in [3.8, 4) is 0 Å². The zero-order valence-electron chi connectivity index (χ0n) is 9.75. The third-order valence-electron chi connectivity index (χ3n) is 2.44. The van der Waals surface area contributed by atoms with Gasteiger partial charge in [0.2, 0.25) is 11.8 Å². The average molecular weight is 212 g/mol. The highest BCUT2D eigenvalue weighted by atomic mass is 16.2. The summed E-state index contributed by atoms with van der Waals surface area (Å²) in [6.45, 7) is 7.01. The second-order valence-corrected chi connectivity index (χ2v) is 4.52. The molecule has 1 saturated heterocycles. The van der Waals surface area contributed by atoms with Gasteiger partial charge >= 0.3 is 0 Å². The lowest BCUT2D eigenvalue weighted by molar-refractivity contribution is -0.144. The third-order valence-corrected chi connectivity index (χ3v) is 2.44. The first-order chi connectivity index (χ1) is 7.04. The Morgan fingerprint density at radius 2 is 2.13 bits per heavy atom. The number of hydrogen-bond donors (Lipinski definition) is 1. The molecule has 0 aromatic carbocycles. The Morgan fingerprint density at radius 3 is 2.67 bits per heavy atom. The van der Waals surface area contributed by atoms with E-state index in [1.807, 2.05) is 6.92 Å². The quantitative estimate of drug-likeness (QED) is 0.748. The molecule has 1 atom stereocenters. The lowest BCUT2D eigenvalue weighted by Crippen LogP contribution is -2.58. The molecule has 0 spiro atoms. The molecular weight excluding hydrogens is 192 g/mol. The predicted octanol–water partition coefficient (Wildman–Crippen LogP) is 0.769. The molecule has 0 aromatic rings. The van der Waals surface area contributed by atoms with Crippen molar-refractivity contribution in [2.24, 2.45) is 5.92 Å². The summed E-state index contributed by atoms with van der Waals surface area (Å²) < 4.78 is 0. The van der Waals surface area contributed by atoms with Crippen LogP contribution >= 0.6 is 0 Å². The van der Waals surface area contributed by atoms with Gasteiger partial charge in [0, 0.05) is 6.54 Å². The minimum Gasteiger partial charge on any atom is -0.343 e. The maximum Gasteiger partial charge on any atom is 0.245 e. The fourth-order valence-electron chi connectivity index (χ4n) is 1.85. The van der Waals surface area contributed by atoms with E-state index in [2.05, 4.69) is 19.2 Å². The standard InChI is InChI=1S/C11H20N2O2/c1-4-5-9-11(15)13(6-8(2)3)7-10(14)12-9/h8-9H,4-7H2,1-3H3,(H,12,14). The van der Waals surface area contributed by atoms with Gasteiger partial charge in [-0.25, -0.2) is 0 Å². The minimum absolute atomic E-state index is 0.0336. The molecule has 1 N–H and O–H groups in total. The summed E-state index contributed by atoms with van der Waals surface area (Å²) in [4.78, 5) is 25.0. The third kappa shape index (κ3) is 3.22. The molecule has 0 aromatic heterocycles. The van der Waals surface area contributed by atoms with Gasteiger partial charge in [0.1, 0.15) is 6.04 Å². The van der Waals surface area contributed by atoms with Crippen LogP contribution in [-0.4, -0.2) is 35.8 Å². The fraction of sp³-hybridized carbons (Fsp3) is 0.818. The maximum atomic E-state index is 11.9. The molecule has 1 rings (SSSR count). The van der Waals surface area contributed by atoms with Crippen LogP contribution in [0.15, 0.2) is 0 Å². The number of nitrogens with one attached hydrogen (secondary N) is 1. The first-order valence-electron chi connectivity index (χ1n) is 5.62. The van der Waals surface area contributed by atoms with Gasteiger partial charge in [-0.2, -0.15) is 0 Å². The number of carbonyl (C=O) groups is 2. The van der Waals surface area contributed by atoms with Gasteiger partial charge in [-0.15, -0.1) is 0 Å². The number of hydrogen-bond acceptors (Lipinski definition) is 2. The SMILES string of the molecule is CCCC1NC(=O)CN(CC(C)C)C1=O. The lowest BCUT2D eigenvalue weighted by atomic mass is 10.1. The Morgan fingerprint density at radius 1 is 1.47 bits per heavy atom. The van der Waals surface area contributed by atoms with Crippen LogP contribution in [0.1, 0.15) is 33.6 Å². The maximum absolute atomic E-state index is 11.9. The van der Waals surface area contributed by atoms with Crippen molar-refractivity contribution < 1.29 is 9.59 Å². The van der Waals surface area contributed by atoms with E-state index in [0.717, 1.165) is 12.8 Å². The predicted molar refractivity (Wildman–Crippen MR) is 58.3 cm³/mol. The molecular formula is C11H20N2O2. The van der Waals surface area contributed by atoms with Crippen LogP contribution in [0.2, 0.25) is 0 Å². The summed E-state index contributed by atoms with van der Waals surface area (Å²) in [5.74, 6) is 0.445. The molecule has 0 aliphatic carbocycles. The molecule has 1 aliphatic rings. The van der Waals surface area contributed by atoms with Crippen LogP contribution in [0.4, 0.5) is 0 Å². The molecule has 0 bridgehead atoms. The minimum atomic E-state index is -0.296. The Hall–Kier alpha value is -1.06. The van der Waals surface area contributed by atoms with Crippen LogP contribution in [0, 0.1) is 5.92 Å². The summed E-state index contributed by atoms with van der Waals surface area (Å²) in [7, 11) is 0. The fourth-order valence-corrected chi connectivity index (χ4v) is 1.85. The monoisotopic (exact) mass is 212 g/mol. The van der Waals surface area contributed by atoms with Crippen molar-refractivity contribution in [2.75, 3.05) is 13.1 Å². The van der Waals surface area contributed by atoms with E-state index >= 15 is 0 Å². The molecule has 0 saturated carbocycles. The Balaban J connectivity index is 2.63. The van der Waals surface area contributed by atoms with Crippen molar-refractivity contribution in [1.29, 1.82) is 0 Å². The second-order valence-electron chi connectivity index (χ2n) is 4.52. The van der Waals surface area contributed by atoms with Crippen LogP contribution in [0.5, 0.6) is 0 Å². The van der Waals surface area contributed by atoms with Crippen LogP contribution in [-0.2, 0) is 9.59 Å². The van der Waals surface area contributed by atoms with E-state index in [1.165, 1.54) is 0 Å². The van der Waals surface area contributed by atoms with Crippen molar-refractivity contribution in [1.82, 2.24) is 10.2 Å². The molecule has 1 heterocycles. The number of piperazine rings is 1. The van der Waals surface area contributed by atoms with Gasteiger partial charge in [-0.1, -0.05) is 27.2 Å². The van der Waals surface area contributed by atoms with E-state index in [0.29, 0.717) is 12.5 Å². The van der Waals surface area contributed by atoms with Crippen molar-refractivity contribution >= 4 is 11.8 Å². The first-order valence-corrected chi connectivity index (χ1v) is 5.62. The van der Waals surface area contributed by atoms with Gasteiger partial charge in [0.05, 0.1) is 6.54 Å². The van der Waals surface area contributed by atoms with E-state index < -0.39 is 0 Å². The molecule has 1 aliphatic heterocycles. The van der Waals surface area contributed by atoms with Gasteiger partial charge in [-0.05, 0) is 12.3 Å². The van der Waals surface area contributed by atoms with E-state index in [9.17, 15) is 9.59 Å². The summed E-state index contributed by atoms with van der Waals surface area (Å²) in [5, 5.41) is 2.74. The van der Waals surface area contributed by atoms with Gasteiger partial charge < -0.3 is 10.2 Å². The van der Waals surface area contributed by atoms with E-state index in [4.69, 9.17) is 0 Å². The van der Waals surface area contributed by atoms with Gasteiger partial charge in [0.25, 0.3) is 0 Å². The zero-order chi connectivity index (χ0) is 11.4. The number of nitrogens with zero attached hydrogens (tertiary/aromatic N) is 1. The topological polar surface area (TPSA) is 49.4 Å². The Kier molecular flexibility index (Phi) is 4.12. The zero-order valence-corrected chi connectivity index (χ0v) is 9.75. The van der Waals surface area contributed by atoms with Crippen molar-refractivity contribution in [3.05, 3.63) is 0 Å². The highest BCUT2D eigenvalue weighted by Crippen LogP contribution is 2.09. The molecule has 4 heteroatoms. The Bertz CT molecular complexity index is 251.